The largest absolute Gasteiger partial charge is 0.380 e. The van der Waals surface area contributed by atoms with E-state index in [2.05, 4.69) is 12.2 Å². The molecule has 0 radical (unpaired) electrons. The maximum Gasteiger partial charge on any atom is 0.0548 e. The normalized spacial score (nSPS) is 29.2. The van der Waals surface area contributed by atoms with Gasteiger partial charge in [-0.05, 0) is 25.4 Å². The second-order valence-corrected chi connectivity index (χ2v) is 3.96. The third-order valence-corrected chi connectivity index (χ3v) is 3.17. The predicted octanol–water partition coefficient (Wildman–Crippen LogP) is 1.02. The molecule has 0 aromatic carbocycles. The number of nitrogens with one attached hydrogen (secondary N) is 1. The Morgan fingerprint density at radius 1 is 1.45 bits per heavy atom. The zero-order valence-corrected chi connectivity index (χ0v) is 7.23. The molecule has 0 bridgehead atoms. The summed E-state index contributed by atoms with van der Waals surface area (Å²) in [5.41, 5.74) is 0.583. The van der Waals surface area contributed by atoms with E-state index in [0.29, 0.717) is 5.41 Å². The number of ether oxygens (including phenoxy) is 1. The first-order valence-electron chi connectivity index (χ1n) is 4.66. The highest BCUT2D eigenvalue weighted by Gasteiger charge is 2.46. The van der Waals surface area contributed by atoms with Crippen LogP contribution in [0.1, 0.15) is 19.8 Å². The van der Waals surface area contributed by atoms with E-state index < -0.39 is 0 Å². The minimum Gasteiger partial charge on any atom is -0.380 e. The van der Waals surface area contributed by atoms with E-state index in [1.807, 2.05) is 0 Å². The van der Waals surface area contributed by atoms with E-state index in [9.17, 15) is 0 Å². The summed E-state index contributed by atoms with van der Waals surface area (Å²) >= 11 is 0. The van der Waals surface area contributed by atoms with Crippen LogP contribution in [0.3, 0.4) is 0 Å². The van der Waals surface area contributed by atoms with Crippen LogP contribution in [0, 0.1) is 11.3 Å². The molecule has 11 heavy (non-hydrogen) atoms. The quantitative estimate of drug-likeness (QED) is 0.657. The van der Waals surface area contributed by atoms with Gasteiger partial charge in [-0.1, -0.05) is 13.3 Å². The van der Waals surface area contributed by atoms with Crippen LogP contribution in [0.2, 0.25) is 0 Å². The smallest absolute Gasteiger partial charge is 0.0548 e. The van der Waals surface area contributed by atoms with Gasteiger partial charge in [0, 0.05) is 5.41 Å². The van der Waals surface area contributed by atoms with Crippen LogP contribution in [0.4, 0.5) is 0 Å². The second-order valence-electron chi connectivity index (χ2n) is 3.96. The van der Waals surface area contributed by atoms with E-state index in [-0.39, 0.29) is 0 Å². The molecule has 0 saturated carbocycles. The van der Waals surface area contributed by atoms with E-state index in [0.717, 1.165) is 19.1 Å². The van der Waals surface area contributed by atoms with Crippen LogP contribution >= 0.6 is 0 Å². The molecule has 2 rings (SSSR count). The maximum absolute atomic E-state index is 5.32. The first kappa shape index (κ1) is 7.56. The van der Waals surface area contributed by atoms with Gasteiger partial charge in [0.1, 0.15) is 0 Å². The molecule has 2 heterocycles. The van der Waals surface area contributed by atoms with E-state index in [4.69, 9.17) is 4.74 Å². The molecule has 0 atom stereocenters. The van der Waals surface area contributed by atoms with Crippen LogP contribution in [-0.4, -0.2) is 26.3 Å². The molecule has 2 heteroatoms. The molecular weight excluding hydrogens is 138 g/mol. The summed E-state index contributed by atoms with van der Waals surface area (Å²) in [6.45, 7) is 6.76. The molecular formula is C9H17NO. The third-order valence-electron chi connectivity index (χ3n) is 3.17. The van der Waals surface area contributed by atoms with E-state index >= 15 is 0 Å². The van der Waals surface area contributed by atoms with Crippen molar-refractivity contribution in [3.8, 4) is 0 Å². The molecule has 0 aromatic rings. The predicted molar refractivity (Wildman–Crippen MR) is 44.5 cm³/mol. The van der Waals surface area contributed by atoms with Gasteiger partial charge >= 0.3 is 0 Å². The molecule has 2 aliphatic rings. The van der Waals surface area contributed by atoms with Gasteiger partial charge < -0.3 is 10.1 Å². The molecule has 2 fully saturated rings. The molecule has 2 saturated heterocycles. The average molecular weight is 155 g/mol. The average Bonchev–Trinajstić information content (AvgIpc) is 1.79. The summed E-state index contributed by atoms with van der Waals surface area (Å²) in [5, 5.41) is 3.34. The minimum atomic E-state index is 0.583. The lowest BCUT2D eigenvalue weighted by Gasteiger charge is -2.51. The maximum atomic E-state index is 5.32. The highest BCUT2D eigenvalue weighted by molar-refractivity contribution is 4.97. The first-order valence-corrected chi connectivity index (χ1v) is 4.66. The summed E-state index contributed by atoms with van der Waals surface area (Å²) in [7, 11) is 0. The summed E-state index contributed by atoms with van der Waals surface area (Å²) in [6.07, 6.45) is 2.67. The van der Waals surface area contributed by atoms with Crippen molar-refractivity contribution in [1.29, 1.82) is 0 Å². The fourth-order valence-electron chi connectivity index (χ4n) is 2.17. The van der Waals surface area contributed by atoms with Gasteiger partial charge in [0.25, 0.3) is 0 Å². The fraction of sp³-hybridized carbons (Fsp3) is 1.00. The van der Waals surface area contributed by atoms with Gasteiger partial charge in [0.15, 0.2) is 0 Å². The van der Waals surface area contributed by atoms with E-state index in [1.165, 1.54) is 25.9 Å². The van der Waals surface area contributed by atoms with Crippen molar-refractivity contribution in [1.82, 2.24) is 5.32 Å². The zero-order chi connectivity index (χ0) is 7.73. The summed E-state index contributed by atoms with van der Waals surface area (Å²) < 4.78 is 5.32. The Morgan fingerprint density at radius 3 is 2.45 bits per heavy atom. The van der Waals surface area contributed by atoms with Crippen LogP contribution in [0.5, 0.6) is 0 Å². The van der Waals surface area contributed by atoms with Gasteiger partial charge in [0.2, 0.25) is 0 Å². The van der Waals surface area contributed by atoms with Crippen molar-refractivity contribution < 1.29 is 4.74 Å². The van der Waals surface area contributed by atoms with Gasteiger partial charge in [0.05, 0.1) is 13.2 Å². The lowest BCUT2D eigenvalue weighted by molar-refractivity contribution is -0.160. The Balaban J connectivity index is 1.92. The number of hydrogen-bond donors (Lipinski definition) is 1. The van der Waals surface area contributed by atoms with Crippen LogP contribution in [-0.2, 0) is 4.74 Å². The van der Waals surface area contributed by atoms with Crippen molar-refractivity contribution >= 4 is 0 Å². The topological polar surface area (TPSA) is 21.3 Å². The summed E-state index contributed by atoms with van der Waals surface area (Å²) in [6, 6.07) is 0. The SMILES string of the molecule is CCCC1(C2CNC2)COC1. The first-order chi connectivity index (χ1) is 5.37. The third kappa shape index (κ3) is 1.09. The molecule has 1 N–H and O–H groups in total. The van der Waals surface area contributed by atoms with Gasteiger partial charge in [-0.15, -0.1) is 0 Å². The Morgan fingerprint density at radius 2 is 2.18 bits per heavy atom. The van der Waals surface area contributed by atoms with Crippen LogP contribution in [0.25, 0.3) is 0 Å². The lowest BCUT2D eigenvalue weighted by atomic mass is 9.68. The molecule has 0 aliphatic carbocycles. The van der Waals surface area contributed by atoms with Gasteiger partial charge in [-0.25, -0.2) is 0 Å². The fourth-order valence-corrected chi connectivity index (χ4v) is 2.17. The van der Waals surface area contributed by atoms with Gasteiger partial charge in [-0.2, -0.15) is 0 Å². The highest BCUT2D eigenvalue weighted by Crippen LogP contribution is 2.41. The Hall–Kier alpha value is -0.0800. The lowest BCUT2D eigenvalue weighted by Crippen LogP contribution is -2.59. The summed E-state index contributed by atoms with van der Waals surface area (Å²) in [5.74, 6) is 0.913. The molecule has 0 unspecified atom stereocenters. The van der Waals surface area contributed by atoms with Crippen molar-refractivity contribution in [3.05, 3.63) is 0 Å². The molecule has 0 amide bonds. The Labute approximate surface area is 68.3 Å². The molecule has 2 aliphatic heterocycles. The molecule has 2 nitrogen and oxygen atoms in total. The Kier molecular flexibility index (Phi) is 1.90. The van der Waals surface area contributed by atoms with Crippen molar-refractivity contribution in [2.75, 3.05) is 26.3 Å². The van der Waals surface area contributed by atoms with Crippen molar-refractivity contribution in [2.24, 2.45) is 11.3 Å². The zero-order valence-electron chi connectivity index (χ0n) is 7.23. The highest BCUT2D eigenvalue weighted by atomic mass is 16.5. The van der Waals surface area contributed by atoms with E-state index in [1.54, 1.807) is 0 Å². The molecule has 0 aromatic heterocycles. The Bertz CT molecular complexity index is 138. The van der Waals surface area contributed by atoms with Crippen LogP contribution in [0.15, 0.2) is 0 Å². The molecule has 0 spiro atoms. The summed E-state index contributed by atoms with van der Waals surface area (Å²) in [4.78, 5) is 0. The standard InChI is InChI=1S/C9H17NO/c1-2-3-9(6-11-7-9)8-4-10-5-8/h8,10H,2-7H2,1H3. The molecule has 64 valence electrons. The van der Waals surface area contributed by atoms with Gasteiger partial charge in [-0.3, -0.25) is 0 Å². The van der Waals surface area contributed by atoms with Crippen molar-refractivity contribution in [3.63, 3.8) is 0 Å². The number of hydrogen-bond acceptors (Lipinski definition) is 2. The van der Waals surface area contributed by atoms with Crippen molar-refractivity contribution in [2.45, 2.75) is 19.8 Å². The second kappa shape index (κ2) is 2.76. The minimum absolute atomic E-state index is 0.583. The monoisotopic (exact) mass is 155 g/mol. The van der Waals surface area contributed by atoms with Crippen LogP contribution < -0.4 is 5.32 Å². The number of rotatable bonds is 3.